The minimum atomic E-state index is 0.309. The highest BCUT2D eigenvalue weighted by atomic mass is 16.5. The first-order valence-corrected chi connectivity index (χ1v) is 6.24. The molecule has 0 aromatic carbocycles. The summed E-state index contributed by atoms with van der Waals surface area (Å²) >= 11 is 0. The summed E-state index contributed by atoms with van der Waals surface area (Å²) < 4.78 is 5.78. The SMILES string of the molecule is CC(C)CC1CN(c2cccnc2N)CCO1. The Bertz CT molecular complexity index is 367. The van der Waals surface area contributed by atoms with Crippen molar-refractivity contribution in [1.82, 2.24) is 4.98 Å². The van der Waals surface area contributed by atoms with Crippen molar-refractivity contribution in [3.63, 3.8) is 0 Å². The third kappa shape index (κ3) is 3.09. The van der Waals surface area contributed by atoms with Crippen LogP contribution in [0.2, 0.25) is 0 Å². The summed E-state index contributed by atoms with van der Waals surface area (Å²) in [5, 5.41) is 0. The lowest BCUT2D eigenvalue weighted by atomic mass is 10.0. The molecule has 94 valence electrons. The highest BCUT2D eigenvalue weighted by Crippen LogP contribution is 2.24. The fourth-order valence-corrected chi connectivity index (χ4v) is 2.28. The molecule has 0 bridgehead atoms. The van der Waals surface area contributed by atoms with Gasteiger partial charge in [0.05, 0.1) is 18.4 Å². The highest BCUT2D eigenvalue weighted by Gasteiger charge is 2.22. The van der Waals surface area contributed by atoms with Gasteiger partial charge < -0.3 is 15.4 Å². The van der Waals surface area contributed by atoms with Crippen molar-refractivity contribution in [3.05, 3.63) is 18.3 Å². The maximum Gasteiger partial charge on any atom is 0.146 e. The molecule has 1 aliphatic rings. The van der Waals surface area contributed by atoms with Crippen molar-refractivity contribution in [2.24, 2.45) is 5.92 Å². The van der Waals surface area contributed by atoms with Crippen LogP contribution in [0.3, 0.4) is 0 Å². The van der Waals surface area contributed by atoms with E-state index in [9.17, 15) is 0 Å². The first-order valence-electron chi connectivity index (χ1n) is 6.24. The summed E-state index contributed by atoms with van der Waals surface area (Å²) in [5.41, 5.74) is 6.94. The maximum absolute atomic E-state index is 5.90. The van der Waals surface area contributed by atoms with E-state index in [1.54, 1.807) is 6.20 Å². The number of hydrogen-bond donors (Lipinski definition) is 1. The number of anilines is 2. The molecule has 2 heterocycles. The quantitative estimate of drug-likeness (QED) is 0.869. The van der Waals surface area contributed by atoms with E-state index in [0.29, 0.717) is 17.8 Å². The van der Waals surface area contributed by atoms with Gasteiger partial charge >= 0.3 is 0 Å². The number of aromatic nitrogens is 1. The molecular formula is C13H21N3O. The maximum atomic E-state index is 5.90. The Balaban J connectivity index is 2.04. The number of pyridine rings is 1. The van der Waals surface area contributed by atoms with Crippen LogP contribution < -0.4 is 10.6 Å². The number of nitrogens with zero attached hydrogens (tertiary/aromatic N) is 2. The van der Waals surface area contributed by atoms with Gasteiger partial charge in [-0.15, -0.1) is 0 Å². The van der Waals surface area contributed by atoms with Crippen LogP contribution in [0.4, 0.5) is 11.5 Å². The average Bonchev–Trinajstić information content (AvgIpc) is 2.29. The van der Waals surface area contributed by atoms with E-state index in [-0.39, 0.29) is 0 Å². The summed E-state index contributed by atoms with van der Waals surface area (Å²) in [7, 11) is 0. The number of rotatable bonds is 3. The van der Waals surface area contributed by atoms with Gasteiger partial charge in [-0.05, 0) is 24.5 Å². The molecule has 4 heteroatoms. The minimum Gasteiger partial charge on any atom is -0.382 e. The van der Waals surface area contributed by atoms with Crippen LogP contribution in [-0.2, 0) is 4.74 Å². The lowest BCUT2D eigenvalue weighted by Crippen LogP contribution is -2.43. The molecule has 2 rings (SSSR count). The molecule has 1 aromatic heterocycles. The molecular weight excluding hydrogens is 214 g/mol. The molecule has 1 unspecified atom stereocenters. The van der Waals surface area contributed by atoms with Crippen molar-refractivity contribution >= 4 is 11.5 Å². The van der Waals surface area contributed by atoms with Gasteiger partial charge in [-0.2, -0.15) is 0 Å². The van der Waals surface area contributed by atoms with Gasteiger partial charge in [0.25, 0.3) is 0 Å². The van der Waals surface area contributed by atoms with Gasteiger partial charge in [0.15, 0.2) is 0 Å². The normalized spacial score (nSPS) is 20.9. The third-order valence-electron chi connectivity index (χ3n) is 3.03. The number of hydrogen-bond acceptors (Lipinski definition) is 4. The molecule has 1 atom stereocenters. The summed E-state index contributed by atoms with van der Waals surface area (Å²) in [6.07, 6.45) is 3.13. The Hall–Kier alpha value is -1.29. The Kier molecular flexibility index (Phi) is 3.84. The van der Waals surface area contributed by atoms with Crippen molar-refractivity contribution in [3.8, 4) is 0 Å². The molecule has 17 heavy (non-hydrogen) atoms. The minimum absolute atomic E-state index is 0.309. The van der Waals surface area contributed by atoms with Gasteiger partial charge in [0.2, 0.25) is 0 Å². The zero-order chi connectivity index (χ0) is 12.3. The molecule has 4 nitrogen and oxygen atoms in total. The number of nitrogens with two attached hydrogens (primary N) is 1. The average molecular weight is 235 g/mol. The van der Waals surface area contributed by atoms with Crippen molar-refractivity contribution in [2.75, 3.05) is 30.3 Å². The second kappa shape index (κ2) is 5.36. The molecule has 1 aliphatic heterocycles. The molecule has 0 spiro atoms. The Labute approximate surface area is 103 Å². The monoisotopic (exact) mass is 235 g/mol. The second-order valence-corrected chi connectivity index (χ2v) is 4.98. The van der Waals surface area contributed by atoms with Crippen LogP contribution in [0.25, 0.3) is 0 Å². The Morgan fingerprint density at radius 3 is 3.12 bits per heavy atom. The van der Waals surface area contributed by atoms with E-state index in [4.69, 9.17) is 10.5 Å². The van der Waals surface area contributed by atoms with Crippen LogP contribution in [0, 0.1) is 5.92 Å². The highest BCUT2D eigenvalue weighted by molar-refractivity contribution is 5.63. The van der Waals surface area contributed by atoms with Gasteiger partial charge in [-0.3, -0.25) is 0 Å². The van der Waals surface area contributed by atoms with Gasteiger partial charge in [0.1, 0.15) is 5.82 Å². The molecule has 0 aliphatic carbocycles. The van der Waals surface area contributed by atoms with Crippen LogP contribution in [0.15, 0.2) is 18.3 Å². The molecule has 1 fully saturated rings. The van der Waals surface area contributed by atoms with E-state index >= 15 is 0 Å². The predicted molar refractivity (Wildman–Crippen MR) is 70.1 cm³/mol. The van der Waals surface area contributed by atoms with Crippen LogP contribution in [0.1, 0.15) is 20.3 Å². The number of nitrogen functional groups attached to an aromatic ring is 1. The summed E-state index contributed by atoms with van der Waals surface area (Å²) in [5.74, 6) is 1.27. The van der Waals surface area contributed by atoms with Gasteiger partial charge in [-0.25, -0.2) is 4.98 Å². The van der Waals surface area contributed by atoms with Crippen LogP contribution in [-0.4, -0.2) is 30.8 Å². The van der Waals surface area contributed by atoms with E-state index in [1.807, 2.05) is 12.1 Å². The first kappa shape index (κ1) is 12.2. The lowest BCUT2D eigenvalue weighted by Gasteiger charge is -2.35. The van der Waals surface area contributed by atoms with Gasteiger partial charge in [-0.1, -0.05) is 13.8 Å². The standard InChI is InChI=1S/C13H21N3O/c1-10(2)8-11-9-16(6-7-17-11)12-4-3-5-15-13(12)14/h3-5,10-11H,6-9H2,1-2H3,(H2,14,15). The summed E-state index contributed by atoms with van der Waals surface area (Å²) in [6.45, 7) is 7.02. The Morgan fingerprint density at radius 1 is 1.59 bits per heavy atom. The molecule has 1 saturated heterocycles. The fraction of sp³-hybridized carbons (Fsp3) is 0.615. The van der Waals surface area contributed by atoms with Crippen molar-refractivity contribution < 1.29 is 4.74 Å². The zero-order valence-electron chi connectivity index (χ0n) is 10.6. The van der Waals surface area contributed by atoms with Crippen molar-refractivity contribution in [2.45, 2.75) is 26.4 Å². The van der Waals surface area contributed by atoms with E-state index in [2.05, 4.69) is 23.7 Å². The smallest absolute Gasteiger partial charge is 0.146 e. The fourth-order valence-electron chi connectivity index (χ4n) is 2.28. The van der Waals surface area contributed by atoms with Gasteiger partial charge in [0, 0.05) is 19.3 Å². The number of morpholine rings is 1. The molecule has 1 aromatic rings. The number of ether oxygens (including phenoxy) is 1. The Morgan fingerprint density at radius 2 is 2.41 bits per heavy atom. The largest absolute Gasteiger partial charge is 0.382 e. The lowest BCUT2D eigenvalue weighted by molar-refractivity contribution is 0.0276. The molecule has 0 amide bonds. The zero-order valence-corrected chi connectivity index (χ0v) is 10.6. The summed E-state index contributed by atoms with van der Waals surface area (Å²) in [4.78, 5) is 6.41. The van der Waals surface area contributed by atoms with Crippen LogP contribution in [0.5, 0.6) is 0 Å². The van der Waals surface area contributed by atoms with Crippen LogP contribution >= 0.6 is 0 Å². The second-order valence-electron chi connectivity index (χ2n) is 4.98. The molecule has 0 radical (unpaired) electrons. The predicted octanol–water partition coefficient (Wildman–Crippen LogP) is 1.92. The van der Waals surface area contributed by atoms with E-state index in [0.717, 1.165) is 31.8 Å². The first-order chi connectivity index (χ1) is 8.16. The topological polar surface area (TPSA) is 51.4 Å². The summed E-state index contributed by atoms with van der Waals surface area (Å²) in [6, 6.07) is 3.96. The molecule has 0 saturated carbocycles. The van der Waals surface area contributed by atoms with E-state index in [1.165, 1.54) is 0 Å². The third-order valence-corrected chi connectivity index (χ3v) is 3.03. The molecule has 2 N–H and O–H groups in total. The van der Waals surface area contributed by atoms with E-state index < -0.39 is 0 Å². The van der Waals surface area contributed by atoms with Crippen molar-refractivity contribution in [1.29, 1.82) is 0 Å².